The molecule has 34 heavy (non-hydrogen) atoms. The zero-order valence-electron chi connectivity index (χ0n) is 17.7. The molecule has 0 amide bonds. The van der Waals surface area contributed by atoms with Crippen molar-refractivity contribution >= 4 is 42.1 Å². The number of rotatable bonds is 7. The van der Waals surface area contributed by atoms with Crippen LogP contribution in [0.25, 0.3) is 5.70 Å². The molecule has 8 nitrogen and oxygen atoms in total. The van der Waals surface area contributed by atoms with Crippen LogP contribution in [-0.2, 0) is 6.42 Å². The van der Waals surface area contributed by atoms with Gasteiger partial charge in [0.05, 0.1) is 15.5 Å². The lowest BCUT2D eigenvalue weighted by Crippen LogP contribution is -2.34. The van der Waals surface area contributed by atoms with E-state index in [1.54, 1.807) is 12.1 Å². The molecule has 0 saturated carbocycles. The zero-order chi connectivity index (χ0) is 24.2. The molecule has 0 aromatic heterocycles. The summed E-state index contributed by atoms with van der Waals surface area (Å²) in [6, 6.07) is 17.8. The number of hydrogen-bond acceptors (Lipinski definition) is 6. The molecule has 0 atom stereocenters. The van der Waals surface area contributed by atoms with Crippen molar-refractivity contribution in [3.05, 3.63) is 110 Å². The summed E-state index contributed by atoms with van der Waals surface area (Å²) in [5, 5.41) is 21.8. The lowest BCUT2D eigenvalue weighted by molar-refractivity contribution is -0.385. The van der Waals surface area contributed by atoms with E-state index in [1.165, 1.54) is 54.7 Å². The first-order valence-corrected chi connectivity index (χ1v) is 10.3. The number of aryl methyl sites for hydroxylation is 1. The number of nitro groups is 2. The Morgan fingerprint density at radius 2 is 1.44 bits per heavy atom. The van der Waals surface area contributed by atoms with Crippen molar-refractivity contribution in [3.8, 4) is 0 Å². The van der Waals surface area contributed by atoms with Crippen molar-refractivity contribution in [3.63, 3.8) is 0 Å². The second kappa shape index (κ2) is 9.61. The van der Waals surface area contributed by atoms with Gasteiger partial charge in [-0.2, -0.15) is 0 Å². The molecule has 3 aromatic rings. The third kappa shape index (κ3) is 4.68. The maximum absolute atomic E-state index is 14.4. The highest BCUT2D eigenvalue weighted by molar-refractivity contribution is 6.52. The van der Waals surface area contributed by atoms with Crippen molar-refractivity contribution in [2.24, 2.45) is 4.99 Å². The molecule has 0 heterocycles. The highest BCUT2D eigenvalue weighted by Gasteiger charge is 2.34. The lowest BCUT2D eigenvalue weighted by Gasteiger charge is -2.31. The van der Waals surface area contributed by atoms with Crippen LogP contribution >= 0.6 is 0 Å². The summed E-state index contributed by atoms with van der Waals surface area (Å²) in [5.74, 6) is 0. The number of fused-ring (bicyclic) bond motifs is 1. The largest absolute Gasteiger partial charge is 0.678 e. The number of nitro benzene ring substituents is 2. The fraction of sp³-hybridized carbons (Fsp3) is 0.0870. The van der Waals surface area contributed by atoms with Crippen LogP contribution in [0.4, 0.5) is 31.4 Å². The fourth-order valence-electron chi connectivity index (χ4n) is 3.83. The number of nitrogens with zero attached hydrogens (tertiary/aromatic N) is 4. The molecule has 1 aliphatic carbocycles. The highest BCUT2D eigenvalue weighted by Crippen LogP contribution is 2.38. The van der Waals surface area contributed by atoms with E-state index in [9.17, 15) is 28.9 Å². The van der Waals surface area contributed by atoms with Crippen LogP contribution in [0.1, 0.15) is 17.5 Å². The van der Waals surface area contributed by atoms with Gasteiger partial charge in [-0.25, -0.2) is 0 Å². The van der Waals surface area contributed by atoms with E-state index in [1.807, 2.05) is 12.1 Å². The van der Waals surface area contributed by atoms with Gasteiger partial charge in [-0.15, -0.1) is 0 Å². The van der Waals surface area contributed by atoms with Gasteiger partial charge in [-0.3, -0.25) is 33.9 Å². The lowest BCUT2D eigenvalue weighted by atomic mass is 9.86. The highest BCUT2D eigenvalue weighted by atomic mass is 19.2. The Morgan fingerprint density at radius 1 is 0.853 bits per heavy atom. The maximum atomic E-state index is 14.4. The van der Waals surface area contributed by atoms with E-state index in [0.717, 1.165) is 10.4 Å². The summed E-state index contributed by atoms with van der Waals surface area (Å²) in [7, 11) is -2.93. The first kappa shape index (κ1) is 22.8. The molecule has 0 unspecified atom stereocenters. The van der Waals surface area contributed by atoms with Gasteiger partial charge < -0.3 is 4.81 Å². The summed E-state index contributed by atoms with van der Waals surface area (Å²) >= 11 is 0. The van der Waals surface area contributed by atoms with Crippen LogP contribution in [0.15, 0.2) is 83.4 Å². The van der Waals surface area contributed by atoms with Crippen molar-refractivity contribution in [2.45, 2.75) is 12.8 Å². The van der Waals surface area contributed by atoms with Crippen molar-refractivity contribution in [2.75, 3.05) is 4.81 Å². The molecule has 0 saturated heterocycles. The normalized spacial score (nSPS) is 13.0. The Kier molecular flexibility index (Phi) is 6.44. The molecule has 3 aromatic carbocycles. The van der Waals surface area contributed by atoms with Gasteiger partial charge in [0.2, 0.25) is 0 Å². The van der Waals surface area contributed by atoms with Crippen LogP contribution in [0, 0.1) is 20.2 Å². The van der Waals surface area contributed by atoms with E-state index in [0.29, 0.717) is 29.7 Å². The van der Waals surface area contributed by atoms with Gasteiger partial charge in [0.1, 0.15) is 0 Å². The summed E-state index contributed by atoms with van der Waals surface area (Å²) in [4.78, 5) is 25.9. The van der Waals surface area contributed by atoms with Crippen LogP contribution in [0.3, 0.4) is 0 Å². The number of anilines is 1. The minimum absolute atomic E-state index is 0.0764. The number of allylic oxidation sites excluding steroid dienone is 1. The third-order valence-electron chi connectivity index (χ3n) is 5.45. The summed E-state index contributed by atoms with van der Waals surface area (Å²) < 4.78 is 28.9. The average Bonchev–Trinajstić information content (AvgIpc) is 2.84. The maximum Gasteiger partial charge on any atom is 0.678 e. The minimum Gasteiger partial charge on any atom is -0.325 e. The monoisotopic (exact) mass is 462 g/mol. The molecule has 11 heteroatoms. The zero-order valence-corrected chi connectivity index (χ0v) is 17.7. The van der Waals surface area contributed by atoms with E-state index in [4.69, 9.17) is 0 Å². The Bertz CT molecular complexity index is 1300. The van der Waals surface area contributed by atoms with Gasteiger partial charge in [0.25, 0.3) is 11.4 Å². The average molecular weight is 462 g/mol. The Balaban J connectivity index is 1.81. The van der Waals surface area contributed by atoms with E-state index < -0.39 is 17.2 Å². The van der Waals surface area contributed by atoms with Crippen molar-refractivity contribution < 1.29 is 18.5 Å². The van der Waals surface area contributed by atoms with Crippen LogP contribution < -0.4 is 4.81 Å². The first-order valence-electron chi connectivity index (χ1n) is 10.3. The molecule has 0 N–H and O–H groups in total. The van der Waals surface area contributed by atoms with Crippen molar-refractivity contribution in [1.82, 2.24) is 0 Å². The molecule has 1 aliphatic rings. The fourth-order valence-corrected chi connectivity index (χ4v) is 3.83. The van der Waals surface area contributed by atoms with E-state index in [2.05, 4.69) is 4.99 Å². The Morgan fingerprint density at radius 3 is 2.03 bits per heavy atom. The van der Waals surface area contributed by atoms with Crippen molar-refractivity contribution in [1.29, 1.82) is 0 Å². The topological polar surface area (TPSA) is 102 Å². The molecule has 0 spiro atoms. The molecule has 0 fully saturated rings. The number of halogens is 2. The van der Waals surface area contributed by atoms with E-state index in [-0.39, 0.29) is 22.8 Å². The van der Waals surface area contributed by atoms with Crippen LogP contribution in [-0.4, -0.2) is 23.5 Å². The minimum atomic E-state index is -2.93. The molecule has 0 radical (unpaired) electrons. The number of hydrogen-bond donors (Lipinski definition) is 0. The molecule has 4 rings (SSSR count). The molecular weight excluding hydrogens is 445 g/mol. The number of aliphatic imine (C=N–C) groups is 1. The number of benzene rings is 3. The standard InChI is InChI=1S/C23H17BF2N4O4/c25-24(26)28(19-11-13-21(14-12-19)30(33)34)23-17(6-5-16-3-1-2-4-22(16)23)15-27-18-7-9-20(10-8-18)29(31)32/h1-4,7-15H,5-6H2. The molecule has 0 aliphatic heterocycles. The van der Waals surface area contributed by atoms with Crippen LogP contribution in [0.5, 0.6) is 0 Å². The van der Waals surface area contributed by atoms with Crippen LogP contribution in [0.2, 0.25) is 0 Å². The SMILES string of the molecule is O=[N+]([O-])c1ccc(N=CC2=C(N(B(F)F)c3ccc([N+](=O)[O-])cc3)c3ccccc3CC2)cc1. The second-order valence-corrected chi connectivity index (χ2v) is 7.48. The predicted octanol–water partition coefficient (Wildman–Crippen LogP) is 5.99. The summed E-state index contributed by atoms with van der Waals surface area (Å²) in [6.07, 6.45) is 2.56. The van der Waals surface area contributed by atoms with Gasteiger partial charge in [0.15, 0.2) is 0 Å². The first-order chi connectivity index (χ1) is 16.3. The van der Waals surface area contributed by atoms with Gasteiger partial charge in [-0.05, 0) is 48.2 Å². The van der Waals surface area contributed by atoms with Gasteiger partial charge >= 0.3 is 7.40 Å². The van der Waals surface area contributed by atoms with Gasteiger partial charge in [0, 0.05) is 47.4 Å². The Labute approximate surface area is 193 Å². The smallest absolute Gasteiger partial charge is 0.325 e. The molecular formula is C23H17BF2N4O4. The van der Waals surface area contributed by atoms with Gasteiger partial charge in [-0.1, -0.05) is 24.3 Å². The summed E-state index contributed by atoms with van der Waals surface area (Å²) in [6.45, 7) is 0. The molecule has 170 valence electrons. The predicted molar refractivity (Wildman–Crippen MR) is 126 cm³/mol. The molecule has 0 bridgehead atoms. The number of non-ortho nitro benzene ring substituents is 2. The summed E-state index contributed by atoms with van der Waals surface area (Å²) in [5.41, 5.74) is 2.61. The second-order valence-electron chi connectivity index (χ2n) is 7.48. The quantitative estimate of drug-likeness (QED) is 0.186. The third-order valence-corrected chi connectivity index (χ3v) is 5.45. The van der Waals surface area contributed by atoms with E-state index >= 15 is 0 Å². The Hall–Kier alpha value is -4.41.